The first-order valence-electron chi connectivity index (χ1n) is 25.9. The topological polar surface area (TPSA) is 46.8 Å². The van der Waals surface area contributed by atoms with Crippen molar-refractivity contribution in [3.63, 3.8) is 0 Å². The van der Waals surface area contributed by atoms with E-state index in [0.29, 0.717) is 17.6 Å². The highest BCUT2D eigenvalue weighted by atomic mass is 15.2. The molecule has 3 aliphatic carbocycles. The third-order valence-electron chi connectivity index (χ3n) is 15.7. The highest BCUT2D eigenvalue weighted by molar-refractivity contribution is 6.17. The summed E-state index contributed by atoms with van der Waals surface area (Å²) >= 11 is 0. The Bertz CT molecular complexity index is 4140. The molecule has 0 N–H and O–H groups in total. The zero-order valence-electron chi connectivity index (χ0n) is 41.0. The van der Waals surface area contributed by atoms with Crippen LogP contribution < -0.4 is 4.90 Å². The van der Waals surface area contributed by atoms with Crippen molar-refractivity contribution in [2.45, 2.75) is 18.3 Å². The quantitative estimate of drug-likeness (QED) is 0.152. The number of rotatable bonds is 8. The maximum absolute atomic E-state index is 5.50. The summed E-state index contributed by atoms with van der Waals surface area (Å²) in [5.41, 5.74) is 21.5. The largest absolute Gasteiger partial charge is 0.310 e. The van der Waals surface area contributed by atoms with Crippen molar-refractivity contribution >= 4 is 44.4 Å². The average Bonchev–Trinajstić information content (AvgIpc) is 4.31. The Morgan fingerprint density at radius 2 is 0.893 bits per heavy atom. The van der Waals surface area contributed by atoms with Crippen molar-refractivity contribution in [2.24, 2.45) is 0 Å². The minimum atomic E-state index is -0.536. The van der Waals surface area contributed by atoms with Gasteiger partial charge in [0.05, 0.1) is 16.4 Å². The number of benzene rings is 10. The van der Waals surface area contributed by atoms with Crippen LogP contribution >= 0.6 is 0 Å². The van der Waals surface area contributed by atoms with Gasteiger partial charge in [-0.1, -0.05) is 218 Å². The lowest BCUT2D eigenvalue weighted by molar-refractivity contribution is 0.794. The first kappa shape index (κ1) is 42.9. The minimum Gasteiger partial charge on any atom is -0.310 e. The lowest BCUT2D eigenvalue weighted by atomic mass is 9.70. The van der Waals surface area contributed by atoms with Crippen molar-refractivity contribution in [1.82, 2.24) is 19.5 Å². The van der Waals surface area contributed by atoms with E-state index in [9.17, 15) is 0 Å². The van der Waals surface area contributed by atoms with Crippen LogP contribution in [0.15, 0.2) is 261 Å². The monoisotopic (exact) mass is 957 g/mol. The molecular formula is C70H47N5. The number of hydrogen-bond acceptors (Lipinski definition) is 4. The van der Waals surface area contributed by atoms with E-state index in [1.807, 2.05) is 6.07 Å². The smallest absolute Gasteiger partial charge is 0.238 e. The van der Waals surface area contributed by atoms with Gasteiger partial charge in [0.15, 0.2) is 11.6 Å². The predicted octanol–water partition coefficient (Wildman–Crippen LogP) is 17.5. The van der Waals surface area contributed by atoms with Crippen LogP contribution in [0.4, 0.5) is 17.1 Å². The van der Waals surface area contributed by atoms with Gasteiger partial charge in [-0.3, -0.25) is 4.57 Å². The molecular weight excluding hydrogens is 911 g/mol. The van der Waals surface area contributed by atoms with Crippen LogP contribution in [0, 0.1) is 0 Å². The second-order valence-electron chi connectivity index (χ2n) is 19.8. The van der Waals surface area contributed by atoms with Gasteiger partial charge in [0, 0.05) is 44.5 Å². The molecule has 15 rings (SSSR count). The summed E-state index contributed by atoms with van der Waals surface area (Å²) in [6.07, 6.45) is 8.57. The molecule has 0 fully saturated rings. The first-order chi connectivity index (χ1) is 37.2. The van der Waals surface area contributed by atoms with Gasteiger partial charge < -0.3 is 4.90 Å². The number of aromatic nitrogens is 4. The lowest BCUT2D eigenvalue weighted by Gasteiger charge is -2.30. The summed E-state index contributed by atoms with van der Waals surface area (Å²) < 4.78 is 2.34. The molecule has 5 nitrogen and oxygen atoms in total. The normalized spacial score (nSPS) is 13.6. The van der Waals surface area contributed by atoms with Gasteiger partial charge >= 0.3 is 0 Å². The van der Waals surface area contributed by atoms with E-state index >= 15 is 0 Å². The minimum absolute atomic E-state index is 0.536. The molecule has 0 radical (unpaired) electrons. The Morgan fingerprint density at radius 1 is 0.387 bits per heavy atom. The Kier molecular flexibility index (Phi) is 9.86. The van der Waals surface area contributed by atoms with Gasteiger partial charge in [-0.05, 0) is 117 Å². The van der Waals surface area contributed by atoms with Gasteiger partial charge in [0.25, 0.3) is 0 Å². The van der Waals surface area contributed by atoms with Crippen molar-refractivity contribution in [3.05, 3.63) is 289 Å². The molecule has 12 aromatic rings. The fourth-order valence-corrected chi connectivity index (χ4v) is 12.4. The Morgan fingerprint density at radius 3 is 1.48 bits per heavy atom. The number of allylic oxidation sites excluding steroid dienone is 4. The third-order valence-corrected chi connectivity index (χ3v) is 15.7. The first-order valence-corrected chi connectivity index (χ1v) is 25.9. The highest BCUT2D eigenvalue weighted by Gasteiger charge is 2.52. The summed E-state index contributed by atoms with van der Waals surface area (Å²) in [5, 5.41) is 2.22. The van der Waals surface area contributed by atoms with Crippen LogP contribution in [0.5, 0.6) is 0 Å². The molecule has 2 heterocycles. The summed E-state index contributed by atoms with van der Waals surface area (Å²) in [5.74, 6) is 1.87. The van der Waals surface area contributed by atoms with E-state index < -0.39 is 5.41 Å². The number of anilines is 3. The second-order valence-corrected chi connectivity index (χ2v) is 19.8. The van der Waals surface area contributed by atoms with Crippen LogP contribution in [-0.2, 0) is 5.41 Å². The van der Waals surface area contributed by atoms with Gasteiger partial charge in [0.2, 0.25) is 5.95 Å². The van der Waals surface area contributed by atoms with E-state index in [2.05, 4.69) is 264 Å². The molecule has 0 atom stereocenters. The average molecular weight is 958 g/mol. The van der Waals surface area contributed by atoms with Gasteiger partial charge in [-0.2, -0.15) is 9.97 Å². The molecule has 0 saturated carbocycles. The molecule has 0 unspecified atom stereocenters. The van der Waals surface area contributed by atoms with Crippen LogP contribution in [0.3, 0.4) is 0 Å². The van der Waals surface area contributed by atoms with Crippen molar-refractivity contribution in [1.29, 1.82) is 0 Å². The molecule has 0 saturated heterocycles. The molecule has 0 bridgehead atoms. The fraction of sp³-hybridized carbons (Fsp3) is 0.0429. The van der Waals surface area contributed by atoms with E-state index in [4.69, 9.17) is 15.0 Å². The molecule has 10 aromatic carbocycles. The van der Waals surface area contributed by atoms with Crippen molar-refractivity contribution < 1.29 is 0 Å². The Labute approximate surface area is 435 Å². The van der Waals surface area contributed by atoms with Crippen LogP contribution in [0.1, 0.15) is 40.9 Å². The molecule has 0 amide bonds. The van der Waals surface area contributed by atoms with Crippen LogP contribution in [0.2, 0.25) is 0 Å². The number of nitrogens with zero attached hydrogens (tertiary/aromatic N) is 5. The lowest BCUT2D eigenvalue weighted by Crippen LogP contribution is -2.25. The third kappa shape index (κ3) is 6.68. The van der Waals surface area contributed by atoms with Gasteiger partial charge in [-0.25, -0.2) is 4.98 Å². The van der Waals surface area contributed by atoms with E-state index in [-0.39, 0.29) is 0 Å². The van der Waals surface area contributed by atoms with E-state index in [1.54, 1.807) is 0 Å². The van der Waals surface area contributed by atoms with Crippen LogP contribution in [-0.4, -0.2) is 19.5 Å². The summed E-state index contributed by atoms with van der Waals surface area (Å²) in [6.45, 7) is 0. The summed E-state index contributed by atoms with van der Waals surface area (Å²) in [4.78, 5) is 18.6. The standard InChI is InChI=1S/C70H47N5/c1-5-19-46(20-6-1)48-33-37-52(38-34-48)74(53-39-35-49(36-40-53)47-21-7-2-8-22-47)54-41-44-64-59(45-54)57-42-43-63-65(58-29-15-18-32-62(58)70(63)60-30-16-13-27-55(60)56-28-14-17-31-61(56)70)66(57)75(64)69-72-67(50-23-9-3-10-24-50)71-68(73-69)51-25-11-4-12-26-51/h1-3,5-11,13-45H,4,12H2. The van der Waals surface area contributed by atoms with E-state index in [1.165, 1.54) is 66.8 Å². The van der Waals surface area contributed by atoms with Crippen molar-refractivity contribution in [3.8, 4) is 61.8 Å². The molecule has 1 spiro atoms. The van der Waals surface area contributed by atoms with Gasteiger partial charge in [-0.15, -0.1) is 0 Å². The molecule has 5 heteroatoms. The molecule has 0 aliphatic heterocycles. The van der Waals surface area contributed by atoms with E-state index in [0.717, 1.165) is 62.8 Å². The molecule has 3 aliphatic rings. The molecule has 2 aromatic heterocycles. The highest BCUT2D eigenvalue weighted by Crippen LogP contribution is 2.64. The number of hydrogen-bond donors (Lipinski definition) is 0. The SMILES string of the molecule is C1=CC(c2nc(-c3ccccc3)nc(-n3c4ccc(N(c5ccc(-c6ccccc6)cc5)c5ccc(-c6ccccc6)cc5)cc4c4ccc5c(c43)-c3ccccc3C53c4ccccc4-c4ccccc43)n2)=CCC1. The maximum Gasteiger partial charge on any atom is 0.238 e. The van der Waals surface area contributed by atoms with Crippen LogP contribution in [0.25, 0.3) is 89.2 Å². The Hall–Kier alpha value is -9.71. The number of fused-ring (bicyclic) bond motifs is 14. The maximum atomic E-state index is 5.50. The Balaban J connectivity index is 1.02. The van der Waals surface area contributed by atoms with Crippen molar-refractivity contribution in [2.75, 3.05) is 4.90 Å². The zero-order chi connectivity index (χ0) is 49.5. The second kappa shape index (κ2) is 17.2. The fourth-order valence-electron chi connectivity index (χ4n) is 12.4. The van der Waals surface area contributed by atoms with Gasteiger partial charge in [0.1, 0.15) is 0 Å². The predicted molar refractivity (Wildman–Crippen MR) is 308 cm³/mol. The zero-order valence-corrected chi connectivity index (χ0v) is 41.0. The summed E-state index contributed by atoms with van der Waals surface area (Å²) in [7, 11) is 0. The summed E-state index contributed by atoms with van der Waals surface area (Å²) in [6, 6.07) is 88.2. The molecule has 75 heavy (non-hydrogen) atoms. The molecule has 352 valence electrons.